The van der Waals surface area contributed by atoms with Crippen LogP contribution < -0.4 is 10.5 Å². The lowest BCUT2D eigenvalue weighted by atomic mass is 10.0. The van der Waals surface area contributed by atoms with E-state index in [0.717, 1.165) is 41.5 Å². The summed E-state index contributed by atoms with van der Waals surface area (Å²) < 4.78 is 6.78. The lowest BCUT2D eigenvalue weighted by Crippen LogP contribution is -2.32. The molecule has 1 aliphatic rings. The summed E-state index contributed by atoms with van der Waals surface area (Å²) in [5.41, 5.74) is 6.25. The van der Waals surface area contributed by atoms with E-state index in [9.17, 15) is 5.11 Å². The molecule has 1 aliphatic carbocycles. The Morgan fingerprint density at radius 2 is 2.11 bits per heavy atom. The predicted molar refractivity (Wildman–Crippen MR) is 75.7 cm³/mol. The largest absolute Gasteiger partial charge is 0.490 e. The highest BCUT2D eigenvalue weighted by Crippen LogP contribution is 2.32. The molecule has 1 fully saturated rings. The van der Waals surface area contributed by atoms with Crippen LogP contribution in [0.2, 0.25) is 0 Å². The van der Waals surface area contributed by atoms with E-state index in [2.05, 4.69) is 15.9 Å². The standard InChI is InChI=1S/C14H20BrNO2/c1-10(16)12-8-11(15)4-5-13(12)18-9-14(17)6-2-3-7-14/h4-5,8,10,17H,2-3,6-7,9,16H2,1H3/t10-/m0/s1. The molecule has 3 N–H and O–H groups in total. The second-order valence-corrected chi connectivity index (χ2v) is 6.11. The van der Waals surface area contributed by atoms with Crippen LogP contribution in [0.5, 0.6) is 5.75 Å². The fraction of sp³-hybridized carbons (Fsp3) is 0.571. The second-order valence-electron chi connectivity index (χ2n) is 5.19. The van der Waals surface area contributed by atoms with E-state index in [1.54, 1.807) is 0 Å². The van der Waals surface area contributed by atoms with E-state index in [1.807, 2.05) is 25.1 Å². The molecular weight excluding hydrogens is 294 g/mol. The summed E-state index contributed by atoms with van der Waals surface area (Å²) in [5, 5.41) is 10.3. The quantitative estimate of drug-likeness (QED) is 0.897. The Hall–Kier alpha value is -0.580. The van der Waals surface area contributed by atoms with Crippen molar-refractivity contribution in [2.24, 2.45) is 5.73 Å². The molecule has 100 valence electrons. The first-order chi connectivity index (χ1) is 8.50. The molecule has 0 saturated heterocycles. The molecular formula is C14H20BrNO2. The lowest BCUT2D eigenvalue weighted by Gasteiger charge is -2.23. The number of hydrogen-bond donors (Lipinski definition) is 2. The zero-order valence-electron chi connectivity index (χ0n) is 10.7. The summed E-state index contributed by atoms with van der Waals surface area (Å²) >= 11 is 3.43. The van der Waals surface area contributed by atoms with Gasteiger partial charge in [-0.15, -0.1) is 0 Å². The van der Waals surface area contributed by atoms with Crippen molar-refractivity contribution in [1.82, 2.24) is 0 Å². The van der Waals surface area contributed by atoms with Gasteiger partial charge in [-0.25, -0.2) is 0 Å². The third-order valence-corrected chi connectivity index (χ3v) is 3.99. The molecule has 0 heterocycles. The van der Waals surface area contributed by atoms with Crippen molar-refractivity contribution in [3.8, 4) is 5.75 Å². The minimum atomic E-state index is -0.651. The summed E-state index contributed by atoms with van der Waals surface area (Å²) in [6, 6.07) is 5.72. The van der Waals surface area contributed by atoms with Gasteiger partial charge in [0.05, 0.1) is 5.60 Å². The molecule has 0 amide bonds. The van der Waals surface area contributed by atoms with Crippen LogP contribution in [0.15, 0.2) is 22.7 Å². The van der Waals surface area contributed by atoms with Crippen molar-refractivity contribution >= 4 is 15.9 Å². The Kier molecular flexibility index (Phi) is 4.30. The van der Waals surface area contributed by atoms with Gasteiger partial charge in [0, 0.05) is 16.1 Å². The highest BCUT2D eigenvalue weighted by molar-refractivity contribution is 9.10. The third-order valence-electron chi connectivity index (χ3n) is 3.49. The normalized spacial score (nSPS) is 19.8. The van der Waals surface area contributed by atoms with Gasteiger partial charge in [0.2, 0.25) is 0 Å². The first kappa shape index (κ1) is 13.8. The Balaban J connectivity index is 2.09. The maximum Gasteiger partial charge on any atom is 0.124 e. The second kappa shape index (κ2) is 5.59. The third kappa shape index (κ3) is 3.25. The number of rotatable bonds is 4. The molecule has 0 aromatic heterocycles. The Morgan fingerprint density at radius 1 is 1.44 bits per heavy atom. The molecule has 2 rings (SSSR count). The molecule has 0 bridgehead atoms. The van der Waals surface area contributed by atoms with Crippen LogP contribution in [0.3, 0.4) is 0 Å². The van der Waals surface area contributed by atoms with Crippen molar-refractivity contribution in [3.63, 3.8) is 0 Å². The number of aliphatic hydroxyl groups is 1. The van der Waals surface area contributed by atoms with Gasteiger partial charge < -0.3 is 15.6 Å². The summed E-state index contributed by atoms with van der Waals surface area (Å²) in [7, 11) is 0. The molecule has 0 spiro atoms. The van der Waals surface area contributed by atoms with Crippen molar-refractivity contribution < 1.29 is 9.84 Å². The smallest absolute Gasteiger partial charge is 0.124 e. The van der Waals surface area contributed by atoms with Gasteiger partial charge in [0.1, 0.15) is 12.4 Å². The van der Waals surface area contributed by atoms with E-state index in [1.165, 1.54) is 0 Å². The minimum absolute atomic E-state index is 0.0873. The van der Waals surface area contributed by atoms with E-state index in [0.29, 0.717) is 6.61 Å². The SMILES string of the molecule is C[C@H](N)c1cc(Br)ccc1OCC1(O)CCCC1. The topological polar surface area (TPSA) is 55.5 Å². The van der Waals surface area contributed by atoms with Crippen molar-refractivity contribution in [3.05, 3.63) is 28.2 Å². The molecule has 1 aromatic rings. The maximum atomic E-state index is 10.3. The molecule has 0 unspecified atom stereocenters. The Morgan fingerprint density at radius 3 is 2.72 bits per heavy atom. The van der Waals surface area contributed by atoms with E-state index in [4.69, 9.17) is 10.5 Å². The molecule has 4 heteroatoms. The van der Waals surface area contributed by atoms with E-state index in [-0.39, 0.29) is 6.04 Å². The van der Waals surface area contributed by atoms with Gasteiger partial charge in [-0.3, -0.25) is 0 Å². The summed E-state index contributed by atoms with van der Waals surface area (Å²) in [4.78, 5) is 0. The lowest BCUT2D eigenvalue weighted by molar-refractivity contribution is 0.00105. The fourth-order valence-electron chi connectivity index (χ4n) is 2.40. The molecule has 18 heavy (non-hydrogen) atoms. The summed E-state index contributed by atoms with van der Waals surface area (Å²) in [6.07, 6.45) is 3.83. The Labute approximate surface area is 116 Å². The first-order valence-electron chi connectivity index (χ1n) is 6.40. The number of halogens is 1. The molecule has 1 atom stereocenters. The maximum absolute atomic E-state index is 10.3. The number of ether oxygens (including phenoxy) is 1. The van der Waals surface area contributed by atoms with Crippen LogP contribution in [0.1, 0.15) is 44.2 Å². The molecule has 0 radical (unpaired) electrons. The zero-order valence-corrected chi connectivity index (χ0v) is 12.2. The number of benzene rings is 1. The van der Waals surface area contributed by atoms with Crippen LogP contribution in [0.25, 0.3) is 0 Å². The fourth-order valence-corrected chi connectivity index (χ4v) is 2.77. The van der Waals surface area contributed by atoms with Gasteiger partial charge in [-0.2, -0.15) is 0 Å². The van der Waals surface area contributed by atoms with Gasteiger partial charge in [0.25, 0.3) is 0 Å². The van der Waals surface area contributed by atoms with E-state index < -0.39 is 5.60 Å². The van der Waals surface area contributed by atoms with Crippen LogP contribution in [-0.4, -0.2) is 17.3 Å². The molecule has 1 aromatic carbocycles. The highest BCUT2D eigenvalue weighted by Gasteiger charge is 2.32. The van der Waals surface area contributed by atoms with E-state index >= 15 is 0 Å². The van der Waals surface area contributed by atoms with Crippen LogP contribution >= 0.6 is 15.9 Å². The average molecular weight is 314 g/mol. The summed E-state index contributed by atoms with van der Waals surface area (Å²) in [6.45, 7) is 2.28. The van der Waals surface area contributed by atoms with Gasteiger partial charge in [0.15, 0.2) is 0 Å². The Bertz CT molecular complexity index is 414. The monoisotopic (exact) mass is 313 g/mol. The highest BCUT2D eigenvalue weighted by atomic mass is 79.9. The van der Waals surface area contributed by atoms with Crippen LogP contribution in [-0.2, 0) is 0 Å². The van der Waals surface area contributed by atoms with Gasteiger partial charge in [-0.1, -0.05) is 28.8 Å². The van der Waals surface area contributed by atoms with Gasteiger partial charge in [-0.05, 0) is 38.0 Å². The van der Waals surface area contributed by atoms with Crippen molar-refractivity contribution in [1.29, 1.82) is 0 Å². The number of nitrogens with two attached hydrogens (primary N) is 1. The van der Waals surface area contributed by atoms with Crippen LogP contribution in [0, 0.1) is 0 Å². The summed E-state index contributed by atoms with van der Waals surface area (Å²) in [5.74, 6) is 0.772. The van der Waals surface area contributed by atoms with Crippen molar-refractivity contribution in [2.45, 2.75) is 44.2 Å². The number of hydrogen-bond acceptors (Lipinski definition) is 3. The molecule has 0 aliphatic heterocycles. The van der Waals surface area contributed by atoms with Crippen LogP contribution in [0.4, 0.5) is 0 Å². The van der Waals surface area contributed by atoms with Crippen molar-refractivity contribution in [2.75, 3.05) is 6.61 Å². The van der Waals surface area contributed by atoms with Gasteiger partial charge >= 0.3 is 0 Å². The minimum Gasteiger partial charge on any atom is -0.490 e. The molecule has 3 nitrogen and oxygen atoms in total. The zero-order chi connectivity index (χ0) is 13.2. The average Bonchev–Trinajstić information content (AvgIpc) is 2.75. The first-order valence-corrected chi connectivity index (χ1v) is 7.20. The molecule has 1 saturated carbocycles. The predicted octanol–water partition coefficient (Wildman–Crippen LogP) is 3.15.